The number of aliphatic carboxylic acids is 6. The first-order valence-electron chi connectivity index (χ1n) is 3.24. The summed E-state index contributed by atoms with van der Waals surface area (Å²) in [7, 11) is 0. The second kappa shape index (κ2) is 18.0. The van der Waals surface area contributed by atoms with Crippen molar-refractivity contribution in [1.29, 1.82) is 0 Å². The summed E-state index contributed by atoms with van der Waals surface area (Å²) >= 11 is 0. The zero-order valence-corrected chi connectivity index (χ0v) is 13.7. The predicted octanol–water partition coefficient (Wildman–Crippen LogP) is -10.9. The largest absolute Gasteiger partial charge is 3.00 e. The molecule has 0 aromatic heterocycles. The summed E-state index contributed by atoms with van der Waals surface area (Å²) in [6.45, 7) is 0. The summed E-state index contributed by atoms with van der Waals surface area (Å²) in [6.07, 6.45) is 0. The Kier molecular flexibility index (Phi) is 28.2. The molecule has 0 saturated heterocycles. The molecule has 0 atom stereocenters. The third-order valence-electron chi connectivity index (χ3n) is 0.516. The molecule has 0 bridgehead atoms. The fourth-order valence-corrected chi connectivity index (χ4v) is 0. The Morgan fingerprint density at radius 3 is 0.650 bits per heavy atom. The number of carbonyl (C=O) groups is 6. The van der Waals surface area contributed by atoms with E-state index in [4.69, 9.17) is 59.4 Å². The Morgan fingerprint density at radius 2 is 0.650 bits per heavy atom. The van der Waals surface area contributed by atoms with Crippen LogP contribution in [0.3, 0.4) is 0 Å². The molecule has 20 heavy (non-hydrogen) atoms. The van der Waals surface area contributed by atoms with E-state index in [1.807, 2.05) is 0 Å². The van der Waals surface area contributed by atoms with E-state index in [0.717, 1.165) is 0 Å². The van der Waals surface area contributed by atoms with E-state index in [-0.39, 0.29) is 68.5 Å². The van der Waals surface area contributed by atoms with Gasteiger partial charge < -0.3 is 49.8 Å². The first-order valence-corrected chi connectivity index (χ1v) is 3.24. The SMILES string of the molecule is O=C(O)C(=O)O.O=C([O-])C(=O)[O-].O=C([O-])C(=O)[O-].[K+].[Mn+3]. The van der Waals surface area contributed by atoms with E-state index in [2.05, 4.69) is 0 Å². The molecule has 0 aliphatic heterocycles. The van der Waals surface area contributed by atoms with Crippen LogP contribution in [-0.2, 0) is 45.8 Å². The van der Waals surface area contributed by atoms with Gasteiger partial charge in [-0.3, -0.25) is 0 Å². The molecule has 0 fully saturated rings. The Bertz CT molecular complexity index is 283. The van der Waals surface area contributed by atoms with Crippen molar-refractivity contribution < 1.29 is 128 Å². The summed E-state index contributed by atoms with van der Waals surface area (Å²) in [5.41, 5.74) is 0. The maximum atomic E-state index is 9.10. The van der Waals surface area contributed by atoms with Crippen molar-refractivity contribution in [1.82, 2.24) is 0 Å². The van der Waals surface area contributed by atoms with Crippen LogP contribution in [-0.4, -0.2) is 46.0 Å². The van der Waals surface area contributed by atoms with Gasteiger partial charge in [-0.25, -0.2) is 9.59 Å². The van der Waals surface area contributed by atoms with E-state index in [1.54, 1.807) is 0 Å². The standard InChI is InChI=1S/3C2H2O4.K.Mn/c3*3-1(4)2(5)6;;/h3*(H,3,4)(H,5,6);;/q;;;+1;+3/p-4. The van der Waals surface area contributed by atoms with Gasteiger partial charge in [-0.2, -0.15) is 0 Å². The maximum Gasteiger partial charge on any atom is 3.00 e. The van der Waals surface area contributed by atoms with Crippen molar-refractivity contribution >= 4 is 35.8 Å². The number of carbonyl (C=O) groups excluding carboxylic acids is 4. The minimum Gasteiger partial charge on any atom is -0.543 e. The first-order chi connectivity index (χ1) is 7.93. The Morgan fingerprint density at radius 1 is 0.550 bits per heavy atom. The van der Waals surface area contributed by atoms with Gasteiger partial charge in [0.15, 0.2) is 0 Å². The van der Waals surface area contributed by atoms with Crippen LogP contribution in [0.2, 0.25) is 0 Å². The second-order valence-electron chi connectivity index (χ2n) is 1.76. The smallest absolute Gasteiger partial charge is 0.543 e. The van der Waals surface area contributed by atoms with Gasteiger partial charge in [-0.15, -0.1) is 0 Å². The van der Waals surface area contributed by atoms with Crippen molar-refractivity contribution in [3.8, 4) is 0 Å². The molecule has 0 saturated carbocycles. The summed E-state index contributed by atoms with van der Waals surface area (Å²) in [5, 5.41) is 50.5. The summed E-state index contributed by atoms with van der Waals surface area (Å²) in [4.78, 5) is 53.9. The van der Waals surface area contributed by atoms with Crippen LogP contribution >= 0.6 is 0 Å². The molecule has 0 rings (SSSR count). The Labute approximate surface area is 162 Å². The third kappa shape index (κ3) is 36.0. The molecule has 0 heterocycles. The van der Waals surface area contributed by atoms with Crippen LogP contribution < -0.4 is 71.8 Å². The molecule has 0 aromatic carbocycles. The van der Waals surface area contributed by atoms with Crippen LogP contribution in [0.25, 0.3) is 0 Å². The predicted molar refractivity (Wildman–Crippen MR) is 35.3 cm³/mol. The molecule has 0 amide bonds. The quantitative estimate of drug-likeness (QED) is 0.302. The molecule has 0 aliphatic rings. The zero-order valence-electron chi connectivity index (χ0n) is 9.35. The molecule has 0 radical (unpaired) electrons. The summed E-state index contributed by atoms with van der Waals surface area (Å²) in [6, 6.07) is 0. The van der Waals surface area contributed by atoms with E-state index >= 15 is 0 Å². The average molecular weight is 360 g/mol. The van der Waals surface area contributed by atoms with Crippen LogP contribution in [0.1, 0.15) is 0 Å². The molecule has 0 spiro atoms. The minimum absolute atomic E-state index is 0. The van der Waals surface area contributed by atoms with Gasteiger partial charge in [0.1, 0.15) is 0 Å². The van der Waals surface area contributed by atoms with Gasteiger partial charge in [0.25, 0.3) is 0 Å². The maximum absolute atomic E-state index is 9.10. The monoisotopic (exact) mass is 360 g/mol. The number of rotatable bonds is 0. The molecular formula is C6H2KMnO12. The van der Waals surface area contributed by atoms with Crippen molar-refractivity contribution in [3.63, 3.8) is 0 Å². The molecule has 0 unspecified atom stereocenters. The molecule has 106 valence electrons. The van der Waals surface area contributed by atoms with Gasteiger partial charge in [-0.05, 0) is 0 Å². The first kappa shape index (κ1) is 31.4. The van der Waals surface area contributed by atoms with Crippen LogP contribution in [0.15, 0.2) is 0 Å². The van der Waals surface area contributed by atoms with Gasteiger partial charge in [-0.1, -0.05) is 0 Å². The Hall–Kier alpha value is -1.02. The van der Waals surface area contributed by atoms with E-state index in [1.165, 1.54) is 0 Å². The molecule has 14 heteroatoms. The normalized spacial score (nSPS) is 6.60. The molecule has 0 aliphatic carbocycles. The van der Waals surface area contributed by atoms with E-state index in [9.17, 15) is 0 Å². The number of hydrogen-bond acceptors (Lipinski definition) is 10. The van der Waals surface area contributed by atoms with Crippen molar-refractivity contribution in [2.45, 2.75) is 0 Å². The fourth-order valence-electron chi connectivity index (χ4n) is 0. The molecule has 0 aromatic rings. The Balaban J connectivity index is -0.0000000536. The number of hydrogen-bond donors (Lipinski definition) is 2. The summed E-state index contributed by atoms with van der Waals surface area (Å²) in [5.74, 6) is -12.4. The number of carboxylic acid groups (broad SMARTS) is 6. The molecule has 2 N–H and O–H groups in total. The summed E-state index contributed by atoms with van der Waals surface area (Å²) < 4.78 is 0. The van der Waals surface area contributed by atoms with Crippen LogP contribution in [0.4, 0.5) is 0 Å². The van der Waals surface area contributed by atoms with E-state index < -0.39 is 35.8 Å². The van der Waals surface area contributed by atoms with Gasteiger partial charge in [0.2, 0.25) is 0 Å². The van der Waals surface area contributed by atoms with Gasteiger partial charge in [0, 0.05) is 0 Å². The topological polar surface area (TPSA) is 235 Å². The zero-order chi connectivity index (χ0) is 15.5. The van der Waals surface area contributed by atoms with Crippen LogP contribution in [0.5, 0.6) is 0 Å². The fraction of sp³-hybridized carbons (Fsp3) is 0. The van der Waals surface area contributed by atoms with Crippen LogP contribution in [0, 0.1) is 0 Å². The van der Waals surface area contributed by atoms with Crippen molar-refractivity contribution in [2.24, 2.45) is 0 Å². The average Bonchev–Trinajstić information content (AvgIpc) is 2.18. The second-order valence-corrected chi connectivity index (χ2v) is 1.76. The van der Waals surface area contributed by atoms with E-state index in [0.29, 0.717) is 0 Å². The van der Waals surface area contributed by atoms with Gasteiger partial charge in [0.05, 0.1) is 23.9 Å². The number of carboxylic acids is 6. The molecule has 12 nitrogen and oxygen atoms in total. The van der Waals surface area contributed by atoms with Gasteiger partial charge >= 0.3 is 80.4 Å². The van der Waals surface area contributed by atoms with Crippen molar-refractivity contribution in [3.05, 3.63) is 0 Å². The minimum atomic E-state index is -2.19. The third-order valence-corrected chi connectivity index (χ3v) is 0.516. The molecular weight excluding hydrogens is 358 g/mol. The van der Waals surface area contributed by atoms with Crippen molar-refractivity contribution in [2.75, 3.05) is 0 Å².